The molecule has 0 bridgehead atoms. The SMILES string of the molecule is O=C(O)/C=C\C(=O)O.O=C([O-])CC(O)C(=O)[O-].[H+].[H+]. The van der Waals surface area contributed by atoms with Gasteiger partial charge in [0.2, 0.25) is 0 Å². The number of carbonyl (C=O) groups is 4. The molecule has 1 unspecified atom stereocenters. The lowest BCUT2D eigenvalue weighted by atomic mass is 10.3. The molecular weight excluding hydrogens is 240 g/mol. The summed E-state index contributed by atoms with van der Waals surface area (Å²) in [5.41, 5.74) is 0. The number of hydrogen-bond acceptors (Lipinski definition) is 7. The van der Waals surface area contributed by atoms with Gasteiger partial charge in [-0.05, 0) is 0 Å². The van der Waals surface area contributed by atoms with Gasteiger partial charge in [0, 0.05) is 24.5 Å². The summed E-state index contributed by atoms with van der Waals surface area (Å²) in [4.78, 5) is 38.2. The van der Waals surface area contributed by atoms with Crippen molar-refractivity contribution in [1.29, 1.82) is 0 Å². The standard InChI is InChI=1S/C4H6O5.C4H4O4/c5-2(4(8)9)1-3(6)7;5-3(6)1-2-4(7)8/h2,5H,1H2,(H,6,7)(H,8,9);1-2H,(H,5,6)(H,7,8)/b;2-1-. The van der Waals surface area contributed by atoms with Crippen LogP contribution in [-0.2, 0) is 19.2 Å². The molecule has 0 spiro atoms. The average molecular weight is 250 g/mol. The molecule has 0 aromatic carbocycles. The van der Waals surface area contributed by atoms with E-state index >= 15 is 0 Å². The van der Waals surface area contributed by atoms with E-state index in [1.54, 1.807) is 0 Å². The second-order valence-electron chi connectivity index (χ2n) is 2.42. The van der Waals surface area contributed by atoms with E-state index in [2.05, 4.69) is 0 Å². The van der Waals surface area contributed by atoms with Crippen molar-refractivity contribution in [1.82, 2.24) is 0 Å². The number of carbonyl (C=O) groups excluding carboxylic acids is 2. The van der Waals surface area contributed by atoms with Crippen molar-refractivity contribution in [3.05, 3.63) is 12.2 Å². The van der Waals surface area contributed by atoms with Crippen LogP contribution in [0.3, 0.4) is 0 Å². The first kappa shape index (κ1) is 17.0. The van der Waals surface area contributed by atoms with Crippen LogP contribution in [0.25, 0.3) is 0 Å². The molecule has 0 aliphatic carbocycles. The molecular formula is C8H10O9. The van der Waals surface area contributed by atoms with E-state index in [9.17, 15) is 29.4 Å². The maximum atomic E-state index is 9.58. The van der Waals surface area contributed by atoms with Crippen LogP contribution >= 0.6 is 0 Å². The van der Waals surface area contributed by atoms with Crippen molar-refractivity contribution in [2.24, 2.45) is 0 Å². The fourth-order valence-corrected chi connectivity index (χ4v) is 0.384. The number of carboxylic acid groups (broad SMARTS) is 4. The van der Waals surface area contributed by atoms with Crippen LogP contribution in [0.4, 0.5) is 0 Å². The minimum Gasteiger partial charge on any atom is -0.550 e. The average Bonchev–Trinajstić information content (AvgIpc) is 2.14. The lowest BCUT2D eigenvalue weighted by molar-refractivity contribution is -0.323. The molecule has 0 fully saturated rings. The molecule has 9 nitrogen and oxygen atoms in total. The van der Waals surface area contributed by atoms with Crippen LogP contribution in [0.15, 0.2) is 12.2 Å². The van der Waals surface area contributed by atoms with E-state index in [1.165, 1.54) is 0 Å². The van der Waals surface area contributed by atoms with Gasteiger partial charge in [0.05, 0.1) is 12.1 Å². The van der Waals surface area contributed by atoms with Crippen LogP contribution in [0, 0.1) is 0 Å². The maximum absolute atomic E-state index is 9.58. The summed E-state index contributed by atoms with van der Waals surface area (Å²) in [6.07, 6.45) is -1.78. The topological polar surface area (TPSA) is 175 Å². The Bertz CT molecular complexity index is 323. The molecule has 9 heteroatoms. The zero-order valence-electron chi connectivity index (χ0n) is 10.2. The smallest absolute Gasteiger partial charge is 0.550 e. The van der Waals surface area contributed by atoms with E-state index in [0.717, 1.165) is 0 Å². The minimum absolute atomic E-state index is 0. The van der Waals surface area contributed by atoms with Gasteiger partial charge in [-0.3, -0.25) is 0 Å². The molecule has 0 aliphatic rings. The van der Waals surface area contributed by atoms with Gasteiger partial charge in [-0.1, -0.05) is 0 Å². The predicted octanol–water partition coefficient (Wildman–Crippen LogP) is -3.83. The Morgan fingerprint density at radius 2 is 1.41 bits per heavy atom. The Morgan fingerprint density at radius 3 is 1.53 bits per heavy atom. The monoisotopic (exact) mass is 250 g/mol. The first-order valence-electron chi connectivity index (χ1n) is 3.89. The number of aliphatic carboxylic acids is 4. The van der Waals surface area contributed by atoms with Crippen LogP contribution in [0.5, 0.6) is 0 Å². The number of carboxylic acids is 4. The van der Waals surface area contributed by atoms with Crippen LogP contribution in [0.1, 0.15) is 9.27 Å². The van der Waals surface area contributed by atoms with Gasteiger partial charge in [-0.15, -0.1) is 0 Å². The highest BCUT2D eigenvalue weighted by Gasteiger charge is 2.03. The Balaban J connectivity index is -0.000000108. The van der Waals surface area contributed by atoms with Crippen molar-refractivity contribution < 1.29 is 47.6 Å². The van der Waals surface area contributed by atoms with Gasteiger partial charge in [0.1, 0.15) is 0 Å². The summed E-state index contributed by atoms with van der Waals surface area (Å²) in [6, 6.07) is 0. The third-order valence-electron chi connectivity index (χ3n) is 1.00. The zero-order valence-corrected chi connectivity index (χ0v) is 8.23. The summed E-state index contributed by atoms with van der Waals surface area (Å²) in [7, 11) is 0. The number of aliphatic hydroxyl groups is 1. The first-order valence-corrected chi connectivity index (χ1v) is 3.89. The van der Waals surface area contributed by atoms with Crippen molar-refractivity contribution in [2.75, 3.05) is 0 Å². The fraction of sp³-hybridized carbons (Fsp3) is 0.250. The van der Waals surface area contributed by atoms with Crippen LogP contribution < -0.4 is 10.2 Å². The second kappa shape index (κ2) is 8.85. The fourth-order valence-electron chi connectivity index (χ4n) is 0.384. The van der Waals surface area contributed by atoms with E-state index in [4.69, 9.17) is 15.3 Å². The Kier molecular flexibility index (Phi) is 8.85. The van der Waals surface area contributed by atoms with E-state index in [0.29, 0.717) is 12.2 Å². The first-order chi connectivity index (χ1) is 7.66. The second-order valence-corrected chi connectivity index (χ2v) is 2.42. The molecule has 17 heavy (non-hydrogen) atoms. The zero-order chi connectivity index (χ0) is 14.0. The highest BCUT2D eigenvalue weighted by atomic mass is 16.4. The molecule has 0 saturated heterocycles. The van der Waals surface area contributed by atoms with Gasteiger partial charge in [-0.2, -0.15) is 0 Å². The Labute approximate surface area is 97.2 Å². The molecule has 0 heterocycles. The number of rotatable bonds is 5. The molecule has 0 radical (unpaired) electrons. The molecule has 1 atom stereocenters. The highest BCUT2D eigenvalue weighted by molar-refractivity contribution is 5.89. The van der Waals surface area contributed by atoms with Crippen molar-refractivity contribution in [3.63, 3.8) is 0 Å². The van der Waals surface area contributed by atoms with Gasteiger partial charge in [0.25, 0.3) is 0 Å². The van der Waals surface area contributed by atoms with Crippen LogP contribution in [-0.4, -0.2) is 45.3 Å². The molecule has 0 rings (SSSR count). The van der Waals surface area contributed by atoms with Gasteiger partial charge in [-0.25, -0.2) is 9.59 Å². The molecule has 0 amide bonds. The molecule has 0 aliphatic heterocycles. The molecule has 3 N–H and O–H groups in total. The Morgan fingerprint density at radius 1 is 1.06 bits per heavy atom. The van der Waals surface area contributed by atoms with Crippen LogP contribution in [0.2, 0.25) is 0 Å². The third kappa shape index (κ3) is 16.3. The number of aliphatic hydroxyl groups excluding tert-OH is 1. The van der Waals surface area contributed by atoms with Crippen molar-refractivity contribution in [2.45, 2.75) is 12.5 Å². The molecule has 0 aromatic rings. The minimum atomic E-state index is -1.96. The van der Waals surface area contributed by atoms with Crippen molar-refractivity contribution >= 4 is 23.9 Å². The van der Waals surface area contributed by atoms with Crippen molar-refractivity contribution in [3.8, 4) is 0 Å². The lowest BCUT2D eigenvalue weighted by Crippen LogP contribution is -2.39. The summed E-state index contributed by atoms with van der Waals surface area (Å²) < 4.78 is 0. The summed E-state index contributed by atoms with van der Waals surface area (Å²) in [6.45, 7) is 0. The molecule has 96 valence electrons. The normalized spacial score (nSPS) is 11.1. The van der Waals surface area contributed by atoms with Gasteiger partial charge < -0.3 is 35.1 Å². The summed E-state index contributed by atoms with van der Waals surface area (Å²) in [5, 5.41) is 43.0. The highest BCUT2D eigenvalue weighted by Crippen LogP contribution is 1.85. The molecule has 0 aromatic heterocycles. The molecule has 0 saturated carbocycles. The quantitative estimate of drug-likeness (QED) is 0.412. The largest absolute Gasteiger partial charge is 1.00 e. The Hall–Kier alpha value is -2.42. The van der Waals surface area contributed by atoms with E-state index in [1.807, 2.05) is 0 Å². The summed E-state index contributed by atoms with van der Waals surface area (Å²) in [5.74, 6) is -5.94. The van der Waals surface area contributed by atoms with E-state index in [-0.39, 0.29) is 2.85 Å². The third-order valence-corrected chi connectivity index (χ3v) is 1.00. The van der Waals surface area contributed by atoms with Gasteiger partial charge >= 0.3 is 14.8 Å². The van der Waals surface area contributed by atoms with Gasteiger partial charge in [0.15, 0.2) is 0 Å². The predicted molar refractivity (Wildman–Crippen MR) is 47.3 cm³/mol. The maximum Gasteiger partial charge on any atom is 1.00 e. The summed E-state index contributed by atoms with van der Waals surface area (Å²) >= 11 is 0. The van der Waals surface area contributed by atoms with E-state index < -0.39 is 36.4 Å². The number of hydrogen-bond donors (Lipinski definition) is 3. The lowest BCUT2D eigenvalue weighted by Gasteiger charge is -2.10.